The van der Waals surface area contributed by atoms with Crippen molar-refractivity contribution in [2.24, 2.45) is 5.92 Å². The first-order valence-electron chi connectivity index (χ1n) is 13.7. The number of hydrogen-bond donors (Lipinski definition) is 0. The molecule has 0 radical (unpaired) electrons. The summed E-state index contributed by atoms with van der Waals surface area (Å²) in [5, 5.41) is 4.94. The highest BCUT2D eigenvalue weighted by molar-refractivity contribution is 5.99. The predicted molar refractivity (Wildman–Crippen MR) is 139 cm³/mol. The number of rotatable bonds is 5. The molecule has 8 rings (SSSR count). The van der Waals surface area contributed by atoms with Crippen molar-refractivity contribution in [2.75, 3.05) is 0 Å². The van der Waals surface area contributed by atoms with Gasteiger partial charge in [0.05, 0.1) is 17.3 Å². The highest BCUT2D eigenvalue weighted by Gasteiger charge is 2.50. The number of hydrogen-bond acceptors (Lipinski definition) is 5. The van der Waals surface area contributed by atoms with Crippen LogP contribution in [0.4, 0.5) is 8.78 Å². The summed E-state index contributed by atoms with van der Waals surface area (Å²) in [4.78, 5) is 25.0. The van der Waals surface area contributed by atoms with Gasteiger partial charge in [-0.2, -0.15) is 13.9 Å². The van der Waals surface area contributed by atoms with E-state index in [9.17, 15) is 13.6 Å². The maximum atomic E-state index is 13.8. The average Bonchev–Trinajstić information content (AvgIpc) is 3.60. The molecule has 0 N–H and O–H groups in total. The molecule has 1 aliphatic heterocycles. The Labute approximate surface area is 223 Å². The lowest BCUT2D eigenvalue weighted by atomic mass is 9.76. The molecular weight excluding hydrogens is 500 g/mol. The topological polar surface area (TPSA) is 72.6 Å². The van der Waals surface area contributed by atoms with Gasteiger partial charge in [-0.1, -0.05) is 13.0 Å². The number of carbonyl (C=O) groups excluding carboxylic acids is 1. The van der Waals surface area contributed by atoms with Crippen molar-refractivity contribution in [3.63, 3.8) is 0 Å². The van der Waals surface area contributed by atoms with Gasteiger partial charge in [-0.15, -0.1) is 0 Å². The lowest BCUT2D eigenvalue weighted by molar-refractivity contribution is -0.0505. The fourth-order valence-electron chi connectivity index (χ4n) is 6.98. The van der Waals surface area contributed by atoms with Gasteiger partial charge < -0.3 is 9.64 Å². The Hall–Kier alpha value is -3.88. The van der Waals surface area contributed by atoms with Crippen LogP contribution in [0.3, 0.4) is 0 Å². The third-order valence-electron chi connectivity index (χ3n) is 8.94. The van der Waals surface area contributed by atoms with E-state index in [1.165, 1.54) is 6.07 Å². The number of ether oxygens (including phenoxy) is 1. The van der Waals surface area contributed by atoms with Crippen LogP contribution in [0.15, 0.2) is 48.9 Å². The van der Waals surface area contributed by atoms with E-state index in [-0.39, 0.29) is 29.7 Å². The van der Waals surface area contributed by atoms with Gasteiger partial charge in [0.2, 0.25) is 0 Å². The Bertz CT molecular complexity index is 1620. The Morgan fingerprint density at radius 1 is 1.03 bits per heavy atom. The highest BCUT2D eigenvalue weighted by Crippen LogP contribution is 2.56. The standard InChI is InChI=1S/C30H27F2N5O2/c1-15-9-17(10-15)28-33-13-18(14-34-28)16-7-8-36-22(11-16)26-21-12-23(27(26)35-36)37(19-5-6-19)29(38)20-3-2-4-24(25(20)21)39-30(31)32/h2-4,7-8,11,13-15,17,19,21,23,30H,5-6,9-10,12H2,1H3. The number of halogens is 2. The molecule has 4 aliphatic rings. The normalized spacial score (nSPS) is 25.4. The van der Waals surface area contributed by atoms with Gasteiger partial charge in [-0.05, 0) is 67.9 Å². The molecule has 2 unspecified atom stereocenters. The number of carbonyl (C=O) groups is 1. The van der Waals surface area contributed by atoms with Crippen LogP contribution in [0.2, 0.25) is 0 Å². The van der Waals surface area contributed by atoms with Crippen LogP contribution >= 0.6 is 0 Å². The van der Waals surface area contributed by atoms with Gasteiger partial charge in [-0.25, -0.2) is 14.5 Å². The second-order valence-corrected chi connectivity index (χ2v) is 11.5. The summed E-state index contributed by atoms with van der Waals surface area (Å²) in [6.07, 6.45) is 10.4. The molecule has 1 amide bonds. The maximum Gasteiger partial charge on any atom is 0.387 e. The minimum Gasteiger partial charge on any atom is -0.434 e. The third kappa shape index (κ3) is 3.51. The highest BCUT2D eigenvalue weighted by atomic mass is 19.3. The quantitative estimate of drug-likeness (QED) is 0.314. The lowest BCUT2D eigenvalue weighted by Crippen LogP contribution is -2.35. The van der Waals surface area contributed by atoms with Crippen LogP contribution in [-0.4, -0.2) is 43.0 Å². The van der Waals surface area contributed by atoms with Crippen molar-refractivity contribution in [2.45, 2.75) is 69.6 Å². The molecule has 7 nitrogen and oxygen atoms in total. The van der Waals surface area contributed by atoms with Gasteiger partial charge >= 0.3 is 6.61 Å². The molecule has 4 aromatic rings. The number of fused-ring (bicyclic) bond motifs is 9. The van der Waals surface area contributed by atoms with Gasteiger partial charge in [0, 0.05) is 58.7 Å². The number of aromatic nitrogens is 4. The minimum absolute atomic E-state index is 0.0647. The zero-order valence-corrected chi connectivity index (χ0v) is 21.4. The average molecular weight is 528 g/mol. The van der Waals surface area contributed by atoms with Gasteiger partial charge in [-0.3, -0.25) is 4.79 Å². The minimum atomic E-state index is -2.98. The number of nitrogens with zero attached hydrogens (tertiary/aromatic N) is 5. The molecule has 2 saturated carbocycles. The molecule has 0 spiro atoms. The van der Waals surface area contributed by atoms with Crippen LogP contribution in [0.5, 0.6) is 5.75 Å². The van der Waals surface area contributed by atoms with Crippen LogP contribution in [0.1, 0.15) is 89.9 Å². The summed E-state index contributed by atoms with van der Waals surface area (Å²) in [6, 6.07) is 8.92. The molecule has 1 aromatic carbocycles. The number of benzene rings is 1. The summed E-state index contributed by atoms with van der Waals surface area (Å²) in [5.41, 5.74) is 5.59. The molecule has 2 atom stereocenters. The number of alkyl halides is 2. The first kappa shape index (κ1) is 23.0. The first-order chi connectivity index (χ1) is 19.0. The van der Waals surface area contributed by atoms with E-state index in [4.69, 9.17) is 9.84 Å². The zero-order valence-electron chi connectivity index (χ0n) is 21.4. The summed E-state index contributed by atoms with van der Waals surface area (Å²) in [5.74, 6) is 1.74. The van der Waals surface area contributed by atoms with E-state index in [2.05, 4.69) is 23.0 Å². The summed E-state index contributed by atoms with van der Waals surface area (Å²) >= 11 is 0. The Morgan fingerprint density at radius 2 is 1.82 bits per heavy atom. The van der Waals surface area contributed by atoms with Gasteiger partial charge in [0.15, 0.2) is 0 Å². The fourth-order valence-corrected chi connectivity index (χ4v) is 6.98. The molecule has 3 aromatic heterocycles. The van der Waals surface area contributed by atoms with Crippen LogP contribution in [-0.2, 0) is 0 Å². The van der Waals surface area contributed by atoms with Crippen molar-refractivity contribution >= 4 is 11.4 Å². The molecule has 2 bridgehead atoms. The van der Waals surface area contributed by atoms with Crippen molar-refractivity contribution in [3.8, 4) is 16.9 Å². The Kier molecular flexibility index (Phi) is 4.91. The smallest absolute Gasteiger partial charge is 0.387 e. The first-order valence-corrected chi connectivity index (χ1v) is 13.7. The maximum absolute atomic E-state index is 13.8. The molecule has 4 heterocycles. The van der Waals surface area contributed by atoms with Crippen molar-refractivity contribution in [1.82, 2.24) is 24.5 Å². The second-order valence-electron chi connectivity index (χ2n) is 11.5. The van der Waals surface area contributed by atoms with Crippen LogP contribution in [0.25, 0.3) is 16.6 Å². The molecule has 2 fully saturated rings. The number of pyridine rings is 1. The lowest BCUT2D eigenvalue weighted by Gasteiger charge is -2.31. The van der Waals surface area contributed by atoms with E-state index in [0.717, 1.165) is 65.3 Å². The van der Waals surface area contributed by atoms with E-state index >= 15 is 0 Å². The van der Waals surface area contributed by atoms with Crippen molar-refractivity contribution in [1.29, 1.82) is 0 Å². The zero-order chi connectivity index (χ0) is 26.4. The van der Waals surface area contributed by atoms with Crippen LogP contribution in [0, 0.1) is 5.92 Å². The largest absolute Gasteiger partial charge is 0.434 e. The van der Waals surface area contributed by atoms with Crippen molar-refractivity contribution in [3.05, 3.63) is 77.1 Å². The molecule has 198 valence electrons. The number of amides is 1. The SMILES string of the molecule is CC1CC(c2ncc(-c3ccn4nc5c(c4c3)C3CC5N(C4CC4)C(=O)c4cccc(OC(F)F)c43)cn2)C1. The van der Waals surface area contributed by atoms with E-state index < -0.39 is 6.61 Å². The Morgan fingerprint density at radius 3 is 2.54 bits per heavy atom. The van der Waals surface area contributed by atoms with Gasteiger partial charge in [0.25, 0.3) is 5.91 Å². The fraction of sp³-hybridized carbons (Fsp3) is 0.400. The monoisotopic (exact) mass is 527 g/mol. The molecule has 9 heteroatoms. The molecule has 39 heavy (non-hydrogen) atoms. The van der Waals surface area contributed by atoms with Crippen molar-refractivity contribution < 1.29 is 18.3 Å². The summed E-state index contributed by atoms with van der Waals surface area (Å²) < 4.78 is 33.7. The van der Waals surface area contributed by atoms with Crippen LogP contribution < -0.4 is 4.74 Å². The summed E-state index contributed by atoms with van der Waals surface area (Å²) in [7, 11) is 0. The summed E-state index contributed by atoms with van der Waals surface area (Å²) in [6.45, 7) is -0.727. The van der Waals surface area contributed by atoms with E-state index in [1.807, 2.05) is 34.1 Å². The van der Waals surface area contributed by atoms with E-state index in [1.54, 1.807) is 12.1 Å². The predicted octanol–water partition coefficient (Wildman–Crippen LogP) is 6.10. The molecular formula is C30H27F2N5O2. The second kappa shape index (κ2) is 8.31. The van der Waals surface area contributed by atoms with Gasteiger partial charge in [0.1, 0.15) is 11.6 Å². The molecule has 3 aliphatic carbocycles. The third-order valence-corrected chi connectivity index (χ3v) is 8.94. The van der Waals surface area contributed by atoms with E-state index in [0.29, 0.717) is 23.5 Å². The molecule has 0 saturated heterocycles. The Balaban J connectivity index is 1.26.